The Hall–Kier alpha value is -1.14. The summed E-state index contributed by atoms with van der Waals surface area (Å²) in [4.78, 5) is 16.3. The number of amides is 1. The molecule has 104 valence electrons. The third kappa shape index (κ3) is 3.91. The topological polar surface area (TPSA) is 63.2 Å². The highest BCUT2D eigenvalue weighted by Crippen LogP contribution is 2.18. The molecule has 1 saturated heterocycles. The molecule has 0 spiro atoms. The zero-order valence-electron chi connectivity index (χ0n) is 10.9. The standard InChI is InChI=1S/C13H18BrN3O2/c1-15-12-11(5-10(14)7-16-12)13(18)17-6-9-3-2-4-19-8-9/h5,7,9H,2-4,6,8H2,1H3,(H,15,16)(H,17,18). The molecule has 1 unspecified atom stereocenters. The summed E-state index contributed by atoms with van der Waals surface area (Å²) in [6.45, 7) is 2.22. The minimum Gasteiger partial charge on any atom is -0.381 e. The van der Waals surface area contributed by atoms with Crippen LogP contribution < -0.4 is 10.6 Å². The van der Waals surface area contributed by atoms with Crippen LogP contribution in [0.1, 0.15) is 23.2 Å². The van der Waals surface area contributed by atoms with Crippen molar-refractivity contribution in [3.8, 4) is 0 Å². The normalized spacial score (nSPS) is 18.9. The molecule has 6 heteroatoms. The molecular weight excluding hydrogens is 310 g/mol. The van der Waals surface area contributed by atoms with Crippen molar-refractivity contribution in [1.29, 1.82) is 0 Å². The maximum absolute atomic E-state index is 12.2. The lowest BCUT2D eigenvalue weighted by Gasteiger charge is -2.22. The highest BCUT2D eigenvalue weighted by Gasteiger charge is 2.17. The minimum absolute atomic E-state index is 0.108. The third-order valence-corrected chi connectivity index (χ3v) is 3.58. The summed E-state index contributed by atoms with van der Waals surface area (Å²) in [5.74, 6) is 0.889. The van der Waals surface area contributed by atoms with Crippen LogP contribution in [0.25, 0.3) is 0 Å². The van der Waals surface area contributed by atoms with E-state index in [2.05, 4.69) is 31.5 Å². The van der Waals surface area contributed by atoms with Gasteiger partial charge in [-0.3, -0.25) is 4.79 Å². The first-order valence-electron chi connectivity index (χ1n) is 6.40. The first kappa shape index (κ1) is 14.3. The van der Waals surface area contributed by atoms with Gasteiger partial charge in [-0.1, -0.05) is 0 Å². The van der Waals surface area contributed by atoms with E-state index in [9.17, 15) is 4.79 Å². The second-order valence-electron chi connectivity index (χ2n) is 4.59. The van der Waals surface area contributed by atoms with Gasteiger partial charge in [0.05, 0.1) is 12.2 Å². The summed E-state index contributed by atoms with van der Waals surface area (Å²) in [5, 5.41) is 5.88. The smallest absolute Gasteiger partial charge is 0.255 e. The number of rotatable bonds is 4. The van der Waals surface area contributed by atoms with Gasteiger partial charge in [-0.15, -0.1) is 0 Å². The number of hydrogen-bond acceptors (Lipinski definition) is 4. The first-order valence-corrected chi connectivity index (χ1v) is 7.19. The predicted molar refractivity (Wildman–Crippen MR) is 77.4 cm³/mol. The number of pyridine rings is 1. The Labute approximate surface area is 121 Å². The van der Waals surface area contributed by atoms with Gasteiger partial charge in [-0.25, -0.2) is 4.98 Å². The number of carbonyl (C=O) groups excluding carboxylic acids is 1. The molecule has 19 heavy (non-hydrogen) atoms. The quantitative estimate of drug-likeness (QED) is 0.888. The van der Waals surface area contributed by atoms with Crippen molar-refractivity contribution in [2.45, 2.75) is 12.8 Å². The van der Waals surface area contributed by atoms with Gasteiger partial charge in [-0.2, -0.15) is 0 Å². The van der Waals surface area contributed by atoms with E-state index in [0.29, 0.717) is 23.8 Å². The van der Waals surface area contributed by atoms with Crippen molar-refractivity contribution in [3.63, 3.8) is 0 Å². The second-order valence-corrected chi connectivity index (χ2v) is 5.51. The van der Waals surface area contributed by atoms with Gasteiger partial charge in [0.2, 0.25) is 0 Å². The number of nitrogens with zero attached hydrogens (tertiary/aromatic N) is 1. The predicted octanol–water partition coefficient (Wildman–Crippen LogP) is 2.04. The number of ether oxygens (including phenoxy) is 1. The molecule has 1 aromatic rings. The van der Waals surface area contributed by atoms with Crippen LogP contribution in [0.3, 0.4) is 0 Å². The van der Waals surface area contributed by atoms with Crippen molar-refractivity contribution in [2.75, 3.05) is 32.1 Å². The maximum atomic E-state index is 12.2. The van der Waals surface area contributed by atoms with Gasteiger partial charge < -0.3 is 15.4 Å². The Balaban J connectivity index is 1.97. The van der Waals surface area contributed by atoms with Crippen LogP contribution in [-0.4, -0.2) is 37.7 Å². The fourth-order valence-electron chi connectivity index (χ4n) is 2.11. The molecular formula is C13H18BrN3O2. The molecule has 1 aromatic heterocycles. The van der Waals surface area contributed by atoms with Crippen molar-refractivity contribution in [3.05, 3.63) is 22.3 Å². The Kier molecular flexibility index (Phi) is 5.15. The van der Waals surface area contributed by atoms with E-state index < -0.39 is 0 Å². The zero-order chi connectivity index (χ0) is 13.7. The molecule has 2 N–H and O–H groups in total. The Morgan fingerprint density at radius 2 is 2.47 bits per heavy atom. The van der Waals surface area contributed by atoms with Crippen LogP contribution in [0.5, 0.6) is 0 Å². The molecule has 0 aliphatic carbocycles. The van der Waals surface area contributed by atoms with Gasteiger partial charge >= 0.3 is 0 Å². The highest BCUT2D eigenvalue weighted by molar-refractivity contribution is 9.10. The van der Waals surface area contributed by atoms with Gasteiger partial charge in [0.15, 0.2) is 0 Å². The van der Waals surface area contributed by atoms with E-state index in [-0.39, 0.29) is 5.91 Å². The fraction of sp³-hybridized carbons (Fsp3) is 0.538. The molecule has 1 aliphatic rings. The van der Waals surface area contributed by atoms with Crippen LogP contribution in [0.2, 0.25) is 0 Å². The van der Waals surface area contributed by atoms with E-state index >= 15 is 0 Å². The summed E-state index contributed by atoms with van der Waals surface area (Å²) < 4.78 is 6.19. The number of halogens is 1. The molecule has 1 atom stereocenters. The average Bonchev–Trinajstić information content (AvgIpc) is 2.46. The molecule has 0 radical (unpaired) electrons. The number of hydrogen-bond donors (Lipinski definition) is 2. The molecule has 0 aromatic carbocycles. The lowest BCUT2D eigenvalue weighted by atomic mass is 10.0. The van der Waals surface area contributed by atoms with Crippen molar-refractivity contribution < 1.29 is 9.53 Å². The second kappa shape index (κ2) is 6.86. The van der Waals surface area contributed by atoms with Gasteiger partial charge in [-0.05, 0) is 40.8 Å². The highest BCUT2D eigenvalue weighted by atomic mass is 79.9. The summed E-state index contributed by atoms with van der Waals surface area (Å²) in [6.07, 6.45) is 3.84. The molecule has 5 nitrogen and oxygen atoms in total. The van der Waals surface area contributed by atoms with Crippen molar-refractivity contribution >= 4 is 27.7 Å². The monoisotopic (exact) mass is 327 g/mol. The summed E-state index contributed by atoms with van der Waals surface area (Å²) in [6, 6.07) is 1.77. The minimum atomic E-state index is -0.108. The molecule has 2 rings (SSSR count). The summed E-state index contributed by atoms with van der Waals surface area (Å²) in [5.41, 5.74) is 0.550. The number of aromatic nitrogens is 1. The van der Waals surface area contributed by atoms with E-state index in [1.807, 2.05) is 0 Å². The molecule has 1 fully saturated rings. The molecule has 1 amide bonds. The van der Waals surface area contributed by atoms with Crippen molar-refractivity contribution in [2.24, 2.45) is 5.92 Å². The lowest BCUT2D eigenvalue weighted by Crippen LogP contribution is -2.33. The van der Waals surface area contributed by atoms with Crippen LogP contribution in [0, 0.1) is 5.92 Å². The summed E-state index contributed by atoms with van der Waals surface area (Å²) in [7, 11) is 1.75. The Morgan fingerprint density at radius 3 is 3.16 bits per heavy atom. The van der Waals surface area contributed by atoms with Crippen molar-refractivity contribution in [1.82, 2.24) is 10.3 Å². The molecule has 0 saturated carbocycles. The number of anilines is 1. The molecule has 1 aliphatic heterocycles. The number of nitrogens with one attached hydrogen (secondary N) is 2. The van der Waals surface area contributed by atoms with Gasteiger partial charge in [0, 0.05) is 30.9 Å². The molecule has 0 bridgehead atoms. The van der Waals surface area contributed by atoms with E-state index in [1.54, 1.807) is 19.3 Å². The SMILES string of the molecule is CNc1ncc(Br)cc1C(=O)NCC1CCCOC1. The van der Waals surface area contributed by atoms with E-state index in [1.165, 1.54) is 0 Å². The molecule has 2 heterocycles. The maximum Gasteiger partial charge on any atom is 0.255 e. The van der Waals surface area contributed by atoms with Crippen LogP contribution in [0.4, 0.5) is 5.82 Å². The van der Waals surface area contributed by atoms with Gasteiger partial charge in [0.25, 0.3) is 5.91 Å². The zero-order valence-corrected chi connectivity index (χ0v) is 12.5. The average molecular weight is 328 g/mol. The van der Waals surface area contributed by atoms with E-state index in [0.717, 1.165) is 30.5 Å². The summed E-state index contributed by atoms with van der Waals surface area (Å²) >= 11 is 3.33. The largest absolute Gasteiger partial charge is 0.381 e. The van der Waals surface area contributed by atoms with Crippen LogP contribution >= 0.6 is 15.9 Å². The third-order valence-electron chi connectivity index (χ3n) is 3.14. The lowest BCUT2D eigenvalue weighted by molar-refractivity contribution is 0.0536. The van der Waals surface area contributed by atoms with Crippen LogP contribution in [-0.2, 0) is 4.74 Å². The Bertz CT molecular complexity index is 448. The first-order chi connectivity index (χ1) is 9.20. The van der Waals surface area contributed by atoms with Crippen LogP contribution in [0.15, 0.2) is 16.7 Å². The van der Waals surface area contributed by atoms with E-state index in [4.69, 9.17) is 4.74 Å². The van der Waals surface area contributed by atoms with Gasteiger partial charge in [0.1, 0.15) is 5.82 Å². The number of carbonyl (C=O) groups is 1. The fourth-order valence-corrected chi connectivity index (χ4v) is 2.44. The Morgan fingerprint density at radius 1 is 1.63 bits per heavy atom.